The van der Waals surface area contributed by atoms with Crippen molar-refractivity contribution >= 4 is 17.5 Å². The van der Waals surface area contributed by atoms with Gasteiger partial charge in [0.05, 0.1) is 18.0 Å². The van der Waals surface area contributed by atoms with Crippen molar-refractivity contribution in [3.8, 4) is 17.3 Å². The number of hydrogen-bond donors (Lipinski definition) is 0. The molecule has 31 heavy (non-hydrogen) atoms. The monoisotopic (exact) mass is 417 g/mol. The van der Waals surface area contributed by atoms with E-state index in [4.69, 9.17) is 4.74 Å². The molecule has 8 heteroatoms. The maximum absolute atomic E-state index is 12.7. The second-order valence-electron chi connectivity index (χ2n) is 7.72. The number of rotatable bonds is 5. The first kappa shape index (κ1) is 20.5. The van der Waals surface area contributed by atoms with Crippen molar-refractivity contribution in [2.24, 2.45) is 0 Å². The summed E-state index contributed by atoms with van der Waals surface area (Å²) in [5.74, 6) is -1.07. The van der Waals surface area contributed by atoms with Gasteiger partial charge < -0.3 is 9.64 Å². The largest absolute Gasteiger partial charge is 0.452 e. The lowest BCUT2D eigenvalue weighted by Crippen LogP contribution is -2.51. The SMILES string of the molecule is CN(C(=O)COC(=O)c1cnn2c(-c3ccccc3)ccnc12)C1(C#N)CCCCC1. The summed E-state index contributed by atoms with van der Waals surface area (Å²) in [6.07, 6.45) is 7.15. The van der Waals surface area contributed by atoms with Crippen molar-refractivity contribution in [1.82, 2.24) is 19.5 Å². The van der Waals surface area contributed by atoms with Gasteiger partial charge in [0.1, 0.15) is 11.1 Å². The average molecular weight is 417 g/mol. The Bertz CT molecular complexity index is 1140. The van der Waals surface area contributed by atoms with Crippen LogP contribution in [0, 0.1) is 11.3 Å². The van der Waals surface area contributed by atoms with Crippen LogP contribution in [0.3, 0.4) is 0 Å². The zero-order chi connectivity index (χ0) is 21.8. The Morgan fingerprint density at radius 2 is 1.94 bits per heavy atom. The minimum absolute atomic E-state index is 0.181. The molecule has 0 radical (unpaired) electrons. The molecule has 0 N–H and O–H groups in total. The maximum Gasteiger partial charge on any atom is 0.344 e. The van der Waals surface area contributed by atoms with Gasteiger partial charge in [-0.1, -0.05) is 49.6 Å². The van der Waals surface area contributed by atoms with E-state index in [2.05, 4.69) is 16.2 Å². The van der Waals surface area contributed by atoms with E-state index in [0.717, 1.165) is 30.5 Å². The number of esters is 1. The van der Waals surface area contributed by atoms with Gasteiger partial charge in [-0.3, -0.25) is 4.79 Å². The molecule has 1 fully saturated rings. The van der Waals surface area contributed by atoms with E-state index in [1.165, 1.54) is 11.1 Å². The summed E-state index contributed by atoms with van der Waals surface area (Å²) >= 11 is 0. The molecule has 0 atom stereocenters. The number of nitrogens with zero attached hydrogens (tertiary/aromatic N) is 5. The third-order valence-electron chi connectivity index (χ3n) is 5.92. The highest BCUT2D eigenvalue weighted by Gasteiger charge is 2.39. The molecule has 0 unspecified atom stereocenters. The molecule has 1 amide bonds. The third-order valence-corrected chi connectivity index (χ3v) is 5.92. The van der Waals surface area contributed by atoms with E-state index in [1.807, 2.05) is 36.4 Å². The number of aromatic nitrogens is 3. The van der Waals surface area contributed by atoms with Crippen LogP contribution in [0.2, 0.25) is 0 Å². The predicted molar refractivity (Wildman–Crippen MR) is 113 cm³/mol. The predicted octanol–water partition coefficient (Wildman–Crippen LogP) is 3.24. The van der Waals surface area contributed by atoms with Crippen LogP contribution in [-0.2, 0) is 9.53 Å². The third kappa shape index (κ3) is 3.87. The molecule has 3 aromatic rings. The number of nitriles is 1. The Morgan fingerprint density at radius 3 is 2.65 bits per heavy atom. The summed E-state index contributed by atoms with van der Waals surface area (Å²) in [6, 6.07) is 13.8. The van der Waals surface area contributed by atoms with Crippen LogP contribution in [0.5, 0.6) is 0 Å². The number of likely N-dealkylation sites (N-methyl/N-ethyl adjacent to an activating group) is 1. The van der Waals surface area contributed by atoms with Crippen LogP contribution in [0.1, 0.15) is 42.5 Å². The van der Waals surface area contributed by atoms with Crippen molar-refractivity contribution < 1.29 is 14.3 Å². The van der Waals surface area contributed by atoms with Crippen molar-refractivity contribution in [2.75, 3.05) is 13.7 Å². The first-order valence-electron chi connectivity index (χ1n) is 10.3. The van der Waals surface area contributed by atoms with Gasteiger partial charge in [0.25, 0.3) is 5.91 Å². The lowest BCUT2D eigenvalue weighted by Gasteiger charge is -2.38. The molecular formula is C23H23N5O3. The summed E-state index contributed by atoms with van der Waals surface area (Å²) in [7, 11) is 1.60. The second-order valence-corrected chi connectivity index (χ2v) is 7.72. The lowest BCUT2D eigenvalue weighted by molar-refractivity contribution is -0.138. The molecule has 4 rings (SSSR count). The van der Waals surface area contributed by atoms with Crippen LogP contribution in [0.25, 0.3) is 16.9 Å². The first-order chi connectivity index (χ1) is 15.1. The molecule has 2 aromatic heterocycles. The summed E-state index contributed by atoms with van der Waals surface area (Å²) in [5, 5.41) is 13.9. The van der Waals surface area contributed by atoms with Crippen molar-refractivity contribution in [2.45, 2.75) is 37.6 Å². The number of fused-ring (bicyclic) bond motifs is 1. The lowest BCUT2D eigenvalue weighted by atomic mass is 9.81. The van der Waals surface area contributed by atoms with Crippen molar-refractivity contribution in [3.63, 3.8) is 0 Å². The van der Waals surface area contributed by atoms with Gasteiger partial charge in [0.2, 0.25) is 0 Å². The van der Waals surface area contributed by atoms with Gasteiger partial charge in [-0.2, -0.15) is 10.4 Å². The molecule has 2 heterocycles. The second kappa shape index (κ2) is 8.56. The van der Waals surface area contributed by atoms with E-state index in [0.29, 0.717) is 18.5 Å². The zero-order valence-electron chi connectivity index (χ0n) is 17.3. The maximum atomic E-state index is 12.7. The number of carbonyl (C=O) groups excluding carboxylic acids is 2. The van der Waals surface area contributed by atoms with E-state index >= 15 is 0 Å². The molecule has 1 saturated carbocycles. The Balaban J connectivity index is 1.49. The highest BCUT2D eigenvalue weighted by molar-refractivity contribution is 5.97. The van der Waals surface area contributed by atoms with E-state index in [1.54, 1.807) is 17.8 Å². The standard InChI is InChI=1S/C23H23N5O3/c1-27(23(16-24)11-6-3-7-12-23)20(29)15-31-22(30)18-14-26-28-19(10-13-25-21(18)28)17-8-4-2-5-9-17/h2,4-5,8-10,13-14H,3,6-7,11-12,15H2,1H3. The van der Waals surface area contributed by atoms with Crippen LogP contribution in [0.4, 0.5) is 0 Å². The molecule has 8 nitrogen and oxygen atoms in total. The first-order valence-corrected chi connectivity index (χ1v) is 10.3. The fraction of sp³-hybridized carbons (Fsp3) is 0.348. The summed E-state index contributed by atoms with van der Waals surface area (Å²) in [6.45, 7) is -0.436. The number of ether oxygens (including phenoxy) is 1. The van der Waals surface area contributed by atoms with Crippen LogP contribution in [0.15, 0.2) is 48.8 Å². The minimum Gasteiger partial charge on any atom is -0.452 e. The zero-order valence-corrected chi connectivity index (χ0v) is 17.3. The smallest absolute Gasteiger partial charge is 0.344 e. The highest BCUT2D eigenvalue weighted by atomic mass is 16.5. The molecule has 158 valence electrons. The topological polar surface area (TPSA) is 101 Å². The van der Waals surface area contributed by atoms with E-state index in [9.17, 15) is 14.9 Å². The van der Waals surface area contributed by atoms with Crippen LogP contribution < -0.4 is 0 Å². The van der Waals surface area contributed by atoms with Gasteiger partial charge in [-0.05, 0) is 18.9 Å². The quantitative estimate of drug-likeness (QED) is 0.591. The molecule has 1 aromatic carbocycles. The Morgan fingerprint density at radius 1 is 1.19 bits per heavy atom. The van der Waals surface area contributed by atoms with Gasteiger partial charge in [-0.25, -0.2) is 14.3 Å². The summed E-state index contributed by atoms with van der Waals surface area (Å²) < 4.78 is 6.85. The molecule has 1 aliphatic rings. The van der Waals surface area contributed by atoms with Gasteiger partial charge in [0, 0.05) is 18.8 Å². The molecular weight excluding hydrogens is 394 g/mol. The highest BCUT2D eigenvalue weighted by Crippen LogP contribution is 2.32. The van der Waals surface area contributed by atoms with Crippen LogP contribution in [-0.4, -0.2) is 50.6 Å². The Labute approximate surface area is 180 Å². The molecule has 1 aliphatic carbocycles. The molecule has 0 spiro atoms. The average Bonchev–Trinajstić information content (AvgIpc) is 3.27. The number of benzene rings is 1. The Kier molecular flexibility index (Phi) is 5.67. The normalized spacial score (nSPS) is 15.2. The van der Waals surface area contributed by atoms with E-state index < -0.39 is 24.0 Å². The number of amides is 1. The van der Waals surface area contributed by atoms with Gasteiger partial charge in [-0.15, -0.1) is 0 Å². The van der Waals surface area contributed by atoms with Crippen molar-refractivity contribution in [1.29, 1.82) is 5.26 Å². The molecule has 0 bridgehead atoms. The molecule has 0 aliphatic heterocycles. The molecule has 0 saturated heterocycles. The van der Waals surface area contributed by atoms with Crippen molar-refractivity contribution in [3.05, 3.63) is 54.4 Å². The number of carbonyl (C=O) groups is 2. The fourth-order valence-corrected chi connectivity index (χ4v) is 4.06. The van der Waals surface area contributed by atoms with Gasteiger partial charge in [0.15, 0.2) is 12.3 Å². The summed E-state index contributed by atoms with van der Waals surface area (Å²) in [5.41, 5.74) is 1.43. The summed E-state index contributed by atoms with van der Waals surface area (Å²) in [4.78, 5) is 31.0. The fourth-order valence-electron chi connectivity index (χ4n) is 4.06. The number of hydrogen-bond acceptors (Lipinski definition) is 6. The Hall–Kier alpha value is -3.73. The van der Waals surface area contributed by atoms with Gasteiger partial charge >= 0.3 is 5.97 Å². The van der Waals surface area contributed by atoms with E-state index in [-0.39, 0.29) is 5.56 Å². The van der Waals surface area contributed by atoms with Crippen LogP contribution >= 0.6 is 0 Å². The minimum atomic E-state index is -0.821.